The van der Waals surface area contributed by atoms with Gasteiger partial charge in [0.15, 0.2) is 0 Å². The Bertz CT molecular complexity index is 48.3. The van der Waals surface area contributed by atoms with E-state index in [2.05, 4.69) is 26.0 Å². The predicted octanol–water partition coefficient (Wildman–Crippen LogP) is 3.33. The summed E-state index contributed by atoms with van der Waals surface area (Å²) in [5.41, 5.74) is 0. The molecule has 0 saturated heterocycles. The van der Waals surface area contributed by atoms with Gasteiger partial charge in [-0.15, -0.1) is 17.0 Å². The second kappa shape index (κ2) is 10.3. The van der Waals surface area contributed by atoms with Crippen LogP contribution in [-0.2, 0) is 0 Å². The Balaban J connectivity index is 0. The average molecular weight is 179 g/mol. The second-order valence-corrected chi connectivity index (χ2v) is 1.71. The van der Waals surface area contributed by atoms with Crippen molar-refractivity contribution in [3.63, 3.8) is 0 Å². The van der Waals surface area contributed by atoms with Gasteiger partial charge in [-0.1, -0.05) is 31.9 Å². The minimum absolute atomic E-state index is 0. The Morgan fingerprint density at radius 2 is 2.00 bits per heavy atom. The molecule has 50 valence electrons. The number of rotatable bonds is 3. The maximum Gasteiger partial charge on any atom is -0.0351 e. The summed E-state index contributed by atoms with van der Waals surface area (Å²) in [7, 11) is 0. The van der Waals surface area contributed by atoms with Crippen LogP contribution in [0.5, 0.6) is 0 Å². The molecule has 0 N–H and O–H groups in total. The molecule has 0 rings (SSSR count). The first-order chi connectivity index (χ1) is 3.41. The average Bonchev–Trinajstić information content (AvgIpc) is 1.69. The minimum atomic E-state index is 0. The maximum atomic E-state index is 2.21. The lowest BCUT2D eigenvalue weighted by Gasteiger charge is -1.83. The molecule has 0 aliphatic rings. The van der Waals surface area contributed by atoms with Gasteiger partial charge in [-0.2, -0.15) is 0 Å². The highest BCUT2D eigenvalue weighted by molar-refractivity contribution is 8.93. The molecule has 0 saturated carbocycles. The van der Waals surface area contributed by atoms with E-state index in [0.717, 1.165) is 0 Å². The third-order valence-corrected chi connectivity index (χ3v) is 0.960. The van der Waals surface area contributed by atoms with Gasteiger partial charge < -0.3 is 0 Å². The van der Waals surface area contributed by atoms with Crippen molar-refractivity contribution in [3.8, 4) is 0 Å². The van der Waals surface area contributed by atoms with E-state index in [1.807, 2.05) is 0 Å². The fourth-order valence-corrected chi connectivity index (χ4v) is 0.489. The Morgan fingerprint density at radius 3 is 2.38 bits per heavy atom. The Kier molecular flexibility index (Phi) is 14.2. The summed E-state index contributed by atoms with van der Waals surface area (Å²) < 4.78 is 0. The molecule has 0 aromatic carbocycles. The van der Waals surface area contributed by atoms with Gasteiger partial charge in [0.1, 0.15) is 0 Å². The molecule has 0 unspecified atom stereocenters. The number of hydrogen-bond donors (Lipinski definition) is 0. The summed E-state index contributed by atoms with van der Waals surface area (Å²) >= 11 is 0. The van der Waals surface area contributed by atoms with Crippen LogP contribution in [0.25, 0.3) is 0 Å². The normalized spacial score (nSPS) is 9.25. The van der Waals surface area contributed by atoms with Gasteiger partial charge in [-0.25, -0.2) is 0 Å². The number of unbranched alkanes of at least 4 members (excludes halogenated alkanes) is 2. The molecule has 0 spiro atoms. The first-order valence-corrected chi connectivity index (χ1v) is 3.03. The standard InChI is InChI=1S/C7H14.BrH/c1-3-5-7-6-4-2;/h3,5H,4,6-7H2,1-2H3;1H. The quantitative estimate of drug-likeness (QED) is 0.460. The molecule has 0 atom stereocenters. The second-order valence-electron chi connectivity index (χ2n) is 1.71. The van der Waals surface area contributed by atoms with E-state index in [1.165, 1.54) is 19.3 Å². The van der Waals surface area contributed by atoms with Gasteiger partial charge in [0.2, 0.25) is 0 Å². The van der Waals surface area contributed by atoms with E-state index in [-0.39, 0.29) is 17.0 Å². The highest BCUT2D eigenvalue weighted by atomic mass is 79.9. The smallest absolute Gasteiger partial charge is 0.0351 e. The molecule has 0 bridgehead atoms. The van der Waals surface area contributed by atoms with Crippen molar-refractivity contribution in [1.82, 2.24) is 0 Å². The van der Waals surface area contributed by atoms with Gasteiger partial charge in [0.05, 0.1) is 0 Å². The van der Waals surface area contributed by atoms with E-state index < -0.39 is 0 Å². The number of halogens is 1. The van der Waals surface area contributed by atoms with Gasteiger partial charge >= 0.3 is 0 Å². The lowest BCUT2D eigenvalue weighted by atomic mass is 10.2. The predicted molar refractivity (Wildman–Crippen MR) is 44.7 cm³/mol. The third kappa shape index (κ3) is 9.52. The van der Waals surface area contributed by atoms with Gasteiger partial charge in [0.25, 0.3) is 0 Å². The summed E-state index contributed by atoms with van der Waals surface area (Å²) in [6.07, 6.45) is 8.22. The van der Waals surface area contributed by atoms with Crippen LogP contribution >= 0.6 is 17.0 Å². The summed E-state index contributed by atoms with van der Waals surface area (Å²) in [5.74, 6) is 0. The summed E-state index contributed by atoms with van der Waals surface area (Å²) in [6, 6.07) is 0. The van der Waals surface area contributed by atoms with Crippen molar-refractivity contribution in [2.24, 2.45) is 0 Å². The molecule has 0 aromatic heterocycles. The van der Waals surface area contributed by atoms with Crippen molar-refractivity contribution in [2.45, 2.75) is 33.1 Å². The fourth-order valence-electron chi connectivity index (χ4n) is 0.489. The molecule has 8 heavy (non-hydrogen) atoms. The monoisotopic (exact) mass is 178 g/mol. The van der Waals surface area contributed by atoms with Crippen LogP contribution in [0.15, 0.2) is 12.2 Å². The Morgan fingerprint density at radius 1 is 1.38 bits per heavy atom. The largest absolute Gasteiger partial charge is 0.114 e. The molecule has 0 nitrogen and oxygen atoms in total. The van der Waals surface area contributed by atoms with Gasteiger partial charge in [0, 0.05) is 0 Å². The molecule has 0 aliphatic carbocycles. The summed E-state index contributed by atoms with van der Waals surface area (Å²) in [5, 5.41) is 0. The molecule has 0 radical (unpaired) electrons. The molecule has 0 heterocycles. The zero-order chi connectivity index (χ0) is 5.54. The van der Waals surface area contributed by atoms with Crippen LogP contribution in [0.2, 0.25) is 0 Å². The number of hydrogen-bond acceptors (Lipinski definition) is 0. The lowest BCUT2D eigenvalue weighted by molar-refractivity contribution is 0.814. The van der Waals surface area contributed by atoms with Crippen LogP contribution < -0.4 is 0 Å². The molecule has 0 amide bonds. The first-order valence-electron chi connectivity index (χ1n) is 3.03. The third-order valence-electron chi connectivity index (χ3n) is 0.960. The van der Waals surface area contributed by atoms with Crippen LogP contribution in [0.3, 0.4) is 0 Å². The zero-order valence-corrected chi connectivity index (χ0v) is 7.40. The fraction of sp³-hybridized carbons (Fsp3) is 0.714. The van der Waals surface area contributed by atoms with Crippen molar-refractivity contribution in [3.05, 3.63) is 12.2 Å². The molecule has 1 heteroatoms. The van der Waals surface area contributed by atoms with Crippen molar-refractivity contribution >= 4 is 17.0 Å². The van der Waals surface area contributed by atoms with Crippen LogP contribution in [0.4, 0.5) is 0 Å². The molecule has 0 aromatic rings. The van der Waals surface area contributed by atoms with E-state index in [9.17, 15) is 0 Å². The molecule has 0 fully saturated rings. The SMILES string of the molecule is Br.CC=CCCCC. The zero-order valence-electron chi connectivity index (χ0n) is 5.68. The summed E-state index contributed by atoms with van der Waals surface area (Å²) in [4.78, 5) is 0. The van der Waals surface area contributed by atoms with Crippen molar-refractivity contribution in [2.75, 3.05) is 0 Å². The Labute approximate surface area is 62.8 Å². The van der Waals surface area contributed by atoms with E-state index >= 15 is 0 Å². The topological polar surface area (TPSA) is 0 Å². The highest BCUT2D eigenvalue weighted by Gasteiger charge is 1.73. The van der Waals surface area contributed by atoms with Crippen LogP contribution in [-0.4, -0.2) is 0 Å². The van der Waals surface area contributed by atoms with Crippen LogP contribution in [0, 0.1) is 0 Å². The highest BCUT2D eigenvalue weighted by Crippen LogP contribution is 1.93. The van der Waals surface area contributed by atoms with Gasteiger partial charge in [-0.05, 0) is 13.3 Å². The van der Waals surface area contributed by atoms with E-state index in [0.29, 0.717) is 0 Å². The molecular formula is C7H15Br. The lowest BCUT2D eigenvalue weighted by Crippen LogP contribution is -1.63. The molecular weight excluding hydrogens is 164 g/mol. The van der Waals surface area contributed by atoms with E-state index in [1.54, 1.807) is 0 Å². The first kappa shape index (κ1) is 11.1. The van der Waals surface area contributed by atoms with Crippen LogP contribution in [0.1, 0.15) is 33.1 Å². The van der Waals surface area contributed by atoms with Gasteiger partial charge in [-0.3, -0.25) is 0 Å². The summed E-state index contributed by atoms with van der Waals surface area (Å²) in [6.45, 7) is 4.28. The number of allylic oxidation sites excluding steroid dienone is 2. The van der Waals surface area contributed by atoms with Crippen molar-refractivity contribution in [1.29, 1.82) is 0 Å². The Hall–Kier alpha value is 0.220. The molecule has 0 aliphatic heterocycles. The maximum absolute atomic E-state index is 2.21. The minimum Gasteiger partial charge on any atom is -0.114 e. The van der Waals surface area contributed by atoms with E-state index in [4.69, 9.17) is 0 Å². The van der Waals surface area contributed by atoms with Crippen molar-refractivity contribution < 1.29 is 0 Å².